The van der Waals surface area contributed by atoms with E-state index in [-0.39, 0.29) is 5.91 Å². The predicted octanol–water partition coefficient (Wildman–Crippen LogP) is 2.02. The van der Waals surface area contributed by atoms with E-state index in [0.29, 0.717) is 9.72 Å². The van der Waals surface area contributed by atoms with Crippen LogP contribution in [0.5, 0.6) is 0 Å². The van der Waals surface area contributed by atoms with Crippen molar-refractivity contribution in [2.75, 3.05) is 0 Å². The van der Waals surface area contributed by atoms with E-state index in [1.54, 1.807) is 6.20 Å². The summed E-state index contributed by atoms with van der Waals surface area (Å²) in [5, 5.41) is 3.21. The summed E-state index contributed by atoms with van der Waals surface area (Å²) in [6, 6.07) is 4.50. The number of hydrogen-bond donors (Lipinski definition) is 1. The Morgan fingerprint density at radius 1 is 1.30 bits per heavy atom. The second-order valence-corrected chi connectivity index (χ2v) is 9.70. The number of nitrogens with zero attached hydrogens (tertiary/aromatic N) is 1. The summed E-state index contributed by atoms with van der Waals surface area (Å²) in [6.07, 6.45) is 12.0. The third-order valence-electron chi connectivity index (χ3n) is 4.11. The van der Waals surface area contributed by atoms with Gasteiger partial charge in [0.2, 0.25) is 0 Å². The second-order valence-electron chi connectivity index (χ2n) is 5.60. The Kier molecular flexibility index (Phi) is 4.71. The molecule has 2 aliphatic rings. The number of aromatic nitrogens is 1. The number of hydrogen-bond acceptors (Lipinski definition) is 2. The molecule has 0 radical (unpaired) electrons. The molecule has 1 atom stereocenters. The third kappa shape index (κ3) is 3.40. The molecule has 1 aliphatic carbocycles. The number of allylic oxidation sites excluding steroid dienone is 1. The Hall–Kier alpha value is -0.900. The van der Waals surface area contributed by atoms with E-state index in [2.05, 4.69) is 26.2 Å². The quantitative estimate of drug-likeness (QED) is 0.885. The third-order valence-corrected chi connectivity index (χ3v) is 8.52. The molecule has 2 heterocycles. The van der Waals surface area contributed by atoms with E-state index in [4.69, 9.17) is 0 Å². The summed E-state index contributed by atoms with van der Waals surface area (Å²) in [6.45, 7) is 0. The van der Waals surface area contributed by atoms with E-state index in [1.807, 2.05) is 12.3 Å². The van der Waals surface area contributed by atoms with Gasteiger partial charge in [-0.2, -0.15) is 0 Å². The number of rotatable bonds is 3. The molecular formula is C16H19InN2O. The number of amides is 1. The van der Waals surface area contributed by atoms with E-state index in [9.17, 15) is 4.79 Å². The van der Waals surface area contributed by atoms with Crippen LogP contribution in [0.15, 0.2) is 36.2 Å². The van der Waals surface area contributed by atoms with Gasteiger partial charge in [0.25, 0.3) is 0 Å². The fraction of sp³-hybridized carbons (Fsp3) is 0.438. The van der Waals surface area contributed by atoms with Gasteiger partial charge in [0, 0.05) is 0 Å². The molecule has 0 saturated heterocycles. The van der Waals surface area contributed by atoms with Crippen LogP contribution in [0, 0.1) is 0 Å². The molecule has 1 fully saturated rings. The van der Waals surface area contributed by atoms with Crippen LogP contribution in [-0.2, 0) is 4.79 Å². The molecule has 0 bridgehead atoms. The van der Waals surface area contributed by atoms with Crippen molar-refractivity contribution < 1.29 is 4.79 Å². The van der Waals surface area contributed by atoms with Crippen LogP contribution in [0.4, 0.5) is 0 Å². The van der Waals surface area contributed by atoms with Gasteiger partial charge in [0.05, 0.1) is 0 Å². The molecule has 1 aromatic heterocycles. The summed E-state index contributed by atoms with van der Waals surface area (Å²) < 4.78 is 2.73. The molecule has 1 saturated carbocycles. The number of pyridine rings is 1. The van der Waals surface area contributed by atoms with Gasteiger partial charge in [-0.25, -0.2) is 0 Å². The topological polar surface area (TPSA) is 42.0 Å². The molecule has 102 valence electrons. The molecular weight excluding hydrogens is 351 g/mol. The van der Waals surface area contributed by atoms with Crippen molar-refractivity contribution in [1.29, 1.82) is 0 Å². The molecule has 1 amide bonds. The fourth-order valence-electron chi connectivity index (χ4n) is 2.96. The molecule has 1 N–H and O–H groups in total. The predicted molar refractivity (Wildman–Crippen MR) is 81.9 cm³/mol. The van der Waals surface area contributed by atoms with Crippen molar-refractivity contribution in [3.05, 3.63) is 41.7 Å². The summed E-state index contributed by atoms with van der Waals surface area (Å²) in [4.78, 5) is 16.5. The van der Waals surface area contributed by atoms with Crippen LogP contribution >= 0.6 is 0 Å². The Bertz CT molecular complexity index is 533. The van der Waals surface area contributed by atoms with Gasteiger partial charge in [-0.15, -0.1) is 0 Å². The number of carbonyl (C=O) groups excluding carboxylic acids is 1. The van der Waals surface area contributed by atoms with Crippen molar-refractivity contribution in [2.24, 2.45) is 0 Å². The van der Waals surface area contributed by atoms with E-state index in [0.717, 1.165) is 18.4 Å². The Morgan fingerprint density at radius 2 is 2.15 bits per heavy atom. The van der Waals surface area contributed by atoms with E-state index < -0.39 is 22.4 Å². The normalized spacial score (nSPS) is 22.2. The van der Waals surface area contributed by atoms with Crippen molar-refractivity contribution in [2.45, 2.75) is 41.8 Å². The van der Waals surface area contributed by atoms with Crippen LogP contribution < -0.4 is 5.32 Å². The average molecular weight is 370 g/mol. The van der Waals surface area contributed by atoms with Crippen molar-refractivity contribution in [3.8, 4) is 0 Å². The monoisotopic (exact) mass is 370 g/mol. The summed E-state index contributed by atoms with van der Waals surface area (Å²) in [5.74, 6) is 0.148. The molecule has 1 aromatic rings. The maximum absolute atomic E-state index is 12.3. The van der Waals surface area contributed by atoms with Crippen LogP contribution in [0.2, 0.25) is 0 Å². The van der Waals surface area contributed by atoms with Gasteiger partial charge in [-0.05, 0) is 0 Å². The molecule has 1 aliphatic heterocycles. The van der Waals surface area contributed by atoms with Crippen LogP contribution in [-0.4, -0.2) is 43.1 Å². The van der Waals surface area contributed by atoms with E-state index in [1.165, 1.54) is 24.8 Å². The van der Waals surface area contributed by atoms with Gasteiger partial charge in [-0.3, -0.25) is 0 Å². The molecule has 3 nitrogen and oxygen atoms in total. The van der Waals surface area contributed by atoms with Crippen LogP contribution in [0.25, 0.3) is 0 Å². The zero-order chi connectivity index (χ0) is 13.8. The Labute approximate surface area is 130 Å². The zero-order valence-corrected chi connectivity index (χ0v) is 14.9. The van der Waals surface area contributed by atoms with Gasteiger partial charge in [0.15, 0.2) is 0 Å². The molecule has 0 spiro atoms. The Balaban J connectivity index is 1.63. The van der Waals surface area contributed by atoms with Crippen LogP contribution in [0.1, 0.15) is 41.3 Å². The van der Waals surface area contributed by atoms with Gasteiger partial charge in [-0.1, -0.05) is 0 Å². The summed E-state index contributed by atoms with van der Waals surface area (Å²) >= 11 is -0.862. The Morgan fingerprint density at radius 3 is 2.90 bits per heavy atom. The summed E-state index contributed by atoms with van der Waals surface area (Å²) in [5.41, 5.74) is 2.19. The van der Waals surface area contributed by atoms with Crippen molar-refractivity contribution >= 4 is 32.1 Å². The minimum absolute atomic E-state index is 0.148. The van der Waals surface area contributed by atoms with Crippen molar-refractivity contribution in [3.63, 3.8) is 0 Å². The SMILES string of the molecule is O=C(NC1CCCCC1)C1=C[CH](c2cccnc2)[In]=[CH]1. The summed E-state index contributed by atoms with van der Waals surface area (Å²) in [7, 11) is 0. The zero-order valence-electron chi connectivity index (χ0n) is 11.6. The molecule has 1 unspecified atom stereocenters. The standard InChI is InChI=1S/C16H19N2O.In/c1-13(9-10-14-6-5-11-17-12-14)16(19)18-15-7-3-2-4-8-15;/h1,5-6,9-12,15H,2-4,7-8H2,(H,18,19);. The second kappa shape index (κ2) is 6.70. The van der Waals surface area contributed by atoms with Gasteiger partial charge < -0.3 is 0 Å². The first-order valence-corrected chi connectivity index (χ1v) is 11.2. The average Bonchev–Trinajstić information content (AvgIpc) is 2.99. The van der Waals surface area contributed by atoms with Gasteiger partial charge in [0.1, 0.15) is 0 Å². The first kappa shape index (κ1) is 14.1. The van der Waals surface area contributed by atoms with Gasteiger partial charge >= 0.3 is 131 Å². The molecule has 4 heteroatoms. The number of carbonyl (C=O) groups is 1. The van der Waals surface area contributed by atoms with Crippen molar-refractivity contribution in [1.82, 2.24) is 10.3 Å². The first-order valence-electron chi connectivity index (χ1n) is 7.44. The molecule has 20 heavy (non-hydrogen) atoms. The van der Waals surface area contributed by atoms with E-state index >= 15 is 0 Å². The first-order chi connectivity index (χ1) is 9.83. The number of nitrogens with one attached hydrogen (secondary N) is 1. The molecule has 0 aromatic carbocycles. The molecule has 3 rings (SSSR count). The minimum atomic E-state index is -0.862. The fourth-order valence-corrected chi connectivity index (χ4v) is 7.00. The van der Waals surface area contributed by atoms with Crippen LogP contribution in [0.3, 0.4) is 0 Å². The maximum atomic E-state index is 12.3.